The van der Waals surface area contributed by atoms with Crippen molar-refractivity contribution in [1.29, 1.82) is 0 Å². The Balaban J connectivity index is 1.74. The highest BCUT2D eigenvalue weighted by atomic mass is 16.6. The smallest absolute Gasteiger partial charge is 0.408 e. The van der Waals surface area contributed by atoms with Crippen molar-refractivity contribution < 1.29 is 19.1 Å². The molecule has 0 aromatic heterocycles. The third kappa shape index (κ3) is 8.34. The van der Waals surface area contributed by atoms with Crippen molar-refractivity contribution >= 4 is 34.4 Å². The predicted molar refractivity (Wildman–Crippen MR) is 176 cm³/mol. The van der Waals surface area contributed by atoms with Crippen molar-refractivity contribution in [3.8, 4) is 0 Å². The molecule has 4 rings (SSSR count). The molecule has 4 aromatic carbocycles. The van der Waals surface area contributed by atoms with Gasteiger partial charge in [0.1, 0.15) is 17.7 Å². The maximum absolute atomic E-state index is 14.5. The molecule has 228 valence electrons. The molecule has 0 spiro atoms. The van der Waals surface area contributed by atoms with Crippen molar-refractivity contribution in [2.45, 2.75) is 58.7 Å². The standard InChI is InChI=1S/C37H41N3O4/c1-7-21-40(35(42)32(23-27-13-9-8-10-14-27)39-36(43)44-37(4,5)6)33(30-18-17-25(2)26(3)22-30)34(41)38-31-20-19-28-15-11-12-16-29(28)24-31/h7-20,22,24,32-33H,1,21,23H2,2-6H3,(H,38,41)(H,39,43). The number of aryl methyl sites for hydroxylation is 2. The SMILES string of the molecule is C=CCN(C(=O)C(Cc1ccccc1)NC(=O)OC(C)(C)C)C(C(=O)Nc1ccc2ccccc2c1)c1ccc(C)c(C)c1. The van der Waals surface area contributed by atoms with E-state index in [1.165, 1.54) is 4.90 Å². The molecule has 0 saturated heterocycles. The maximum atomic E-state index is 14.5. The molecule has 7 nitrogen and oxygen atoms in total. The molecule has 0 bridgehead atoms. The molecule has 0 saturated carbocycles. The Hall–Kier alpha value is -4.91. The fourth-order valence-corrected chi connectivity index (χ4v) is 5.05. The van der Waals surface area contributed by atoms with E-state index in [0.717, 1.165) is 27.5 Å². The third-order valence-corrected chi connectivity index (χ3v) is 7.30. The van der Waals surface area contributed by atoms with Gasteiger partial charge in [-0.25, -0.2) is 4.79 Å². The highest BCUT2D eigenvalue weighted by Gasteiger charge is 2.36. The van der Waals surface area contributed by atoms with Gasteiger partial charge in [-0.1, -0.05) is 84.9 Å². The highest BCUT2D eigenvalue weighted by Crippen LogP contribution is 2.28. The van der Waals surface area contributed by atoms with E-state index in [1.807, 2.05) is 105 Å². The van der Waals surface area contributed by atoms with Crippen LogP contribution in [-0.2, 0) is 20.7 Å². The number of fused-ring (bicyclic) bond motifs is 1. The second-order valence-corrected chi connectivity index (χ2v) is 12.0. The number of anilines is 1. The number of carbonyl (C=O) groups is 3. The molecule has 3 amide bonds. The molecule has 2 N–H and O–H groups in total. The van der Waals surface area contributed by atoms with Crippen LogP contribution in [0.5, 0.6) is 0 Å². The summed E-state index contributed by atoms with van der Waals surface area (Å²) < 4.78 is 5.51. The van der Waals surface area contributed by atoms with Gasteiger partial charge < -0.3 is 20.3 Å². The number of carbonyl (C=O) groups excluding carboxylic acids is 3. The largest absolute Gasteiger partial charge is 0.444 e. The van der Waals surface area contributed by atoms with Gasteiger partial charge in [0.25, 0.3) is 5.91 Å². The fourth-order valence-electron chi connectivity index (χ4n) is 5.05. The van der Waals surface area contributed by atoms with Crippen LogP contribution in [0.25, 0.3) is 10.8 Å². The topological polar surface area (TPSA) is 87.7 Å². The molecule has 0 heterocycles. The zero-order valence-corrected chi connectivity index (χ0v) is 26.1. The van der Waals surface area contributed by atoms with E-state index in [9.17, 15) is 14.4 Å². The first kappa shape index (κ1) is 32.0. The van der Waals surface area contributed by atoms with Crippen LogP contribution in [0.4, 0.5) is 10.5 Å². The highest BCUT2D eigenvalue weighted by molar-refractivity contribution is 6.00. The van der Waals surface area contributed by atoms with Crippen LogP contribution in [0.15, 0.2) is 104 Å². The molecule has 0 fully saturated rings. The second-order valence-electron chi connectivity index (χ2n) is 12.0. The number of nitrogens with one attached hydrogen (secondary N) is 2. The summed E-state index contributed by atoms with van der Waals surface area (Å²) in [6.45, 7) is 13.2. The van der Waals surface area contributed by atoms with E-state index in [-0.39, 0.29) is 18.9 Å². The van der Waals surface area contributed by atoms with Crippen LogP contribution in [0, 0.1) is 13.8 Å². The lowest BCUT2D eigenvalue weighted by molar-refractivity contribution is -0.140. The summed E-state index contributed by atoms with van der Waals surface area (Å²) >= 11 is 0. The van der Waals surface area contributed by atoms with Crippen molar-refractivity contribution in [1.82, 2.24) is 10.2 Å². The second kappa shape index (κ2) is 14.0. The van der Waals surface area contributed by atoms with Gasteiger partial charge in [0, 0.05) is 18.7 Å². The van der Waals surface area contributed by atoms with Gasteiger partial charge in [-0.3, -0.25) is 9.59 Å². The van der Waals surface area contributed by atoms with Crippen LogP contribution in [-0.4, -0.2) is 41.0 Å². The minimum atomic E-state index is -1.01. The van der Waals surface area contributed by atoms with Crippen molar-refractivity contribution in [3.63, 3.8) is 0 Å². The minimum absolute atomic E-state index is 0.0723. The number of alkyl carbamates (subject to hydrolysis) is 1. The van der Waals surface area contributed by atoms with Crippen LogP contribution in [0.2, 0.25) is 0 Å². The first-order valence-electron chi connectivity index (χ1n) is 14.8. The predicted octanol–water partition coefficient (Wildman–Crippen LogP) is 7.29. The average molecular weight is 592 g/mol. The number of benzene rings is 4. The van der Waals surface area contributed by atoms with E-state index in [0.29, 0.717) is 11.3 Å². The molecule has 44 heavy (non-hydrogen) atoms. The molecule has 0 radical (unpaired) electrons. The summed E-state index contributed by atoms with van der Waals surface area (Å²) in [5, 5.41) is 7.86. The van der Waals surface area contributed by atoms with Gasteiger partial charge in [-0.05, 0) is 79.8 Å². The lowest BCUT2D eigenvalue weighted by atomic mass is 9.97. The third-order valence-electron chi connectivity index (χ3n) is 7.30. The van der Waals surface area contributed by atoms with Gasteiger partial charge in [0.15, 0.2) is 0 Å². The van der Waals surface area contributed by atoms with Gasteiger partial charge in [-0.2, -0.15) is 0 Å². The summed E-state index contributed by atoms with van der Waals surface area (Å²) in [6, 6.07) is 26.7. The molecule has 4 aromatic rings. The quantitative estimate of drug-likeness (QED) is 0.190. The number of ether oxygens (including phenoxy) is 1. The van der Waals surface area contributed by atoms with Gasteiger partial charge in [0.2, 0.25) is 5.91 Å². The Morgan fingerprint density at radius 1 is 0.864 bits per heavy atom. The molecule has 2 atom stereocenters. The summed E-state index contributed by atoms with van der Waals surface area (Å²) in [6.07, 6.45) is 1.08. The van der Waals surface area contributed by atoms with Crippen LogP contribution in [0.3, 0.4) is 0 Å². The zero-order chi connectivity index (χ0) is 31.9. The molecule has 0 aliphatic rings. The van der Waals surface area contributed by atoms with Crippen LogP contribution in [0.1, 0.15) is 49.1 Å². The monoisotopic (exact) mass is 591 g/mol. The van der Waals surface area contributed by atoms with E-state index in [2.05, 4.69) is 17.2 Å². The number of nitrogens with zero attached hydrogens (tertiary/aromatic N) is 1. The average Bonchev–Trinajstić information content (AvgIpc) is 2.97. The van der Waals surface area contributed by atoms with Crippen molar-refractivity contribution in [3.05, 3.63) is 126 Å². The lowest BCUT2D eigenvalue weighted by Gasteiger charge is -2.34. The number of hydrogen-bond donors (Lipinski definition) is 2. The summed E-state index contributed by atoms with van der Waals surface area (Å²) in [5.74, 6) is -0.814. The van der Waals surface area contributed by atoms with Crippen LogP contribution < -0.4 is 10.6 Å². The number of hydrogen-bond acceptors (Lipinski definition) is 4. The lowest BCUT2D eigenvalue weighted by Crippen LogP contribution is -2.53. The molecule has 2 unspecified atom stereocenters. The number of amides is 3. The summed E-state index contributed by atoms with van der Waals surface area (Å²) in [4.78, 5) is 43.1. The Bertz CT molecular complexity index is 1640. The molecule has 0 aliphatic carbocycles. The minimum Gasteiger partial charge on any atom is -0.444 e. The van der Waals surface area contributed by atoms with E-state index in [1.54, 1.807) is 26.8 Å². The summed E-state index contributed by atoms with van der Waals surface area (Å²) in [7, 11) is 0. The van der Waals surface area contributed by atoms with E-state index >= 15 is 0 Å². The first-order chi connectivity index (χ1) is 20.9. The molecular weight excluding hydrogens is 550 g/mol. The van der Waals surface area contributed by atoms with Gasteiger partial charge in [-0.15, -0.1) is 6.58 Å². The molecule has 0 aliphatic heterocycles. The Morgan fingerprint density at radius 2 is 1.55 bits per heavy atom. The normalized spacial score (nSPS) is 12.6. The maximum Gasteiger partial charge on any atom is 0.408 e. The Kier molecular flexibility index (Phi) is 10.2. The van der Waals surface area contributed by atoms with E-state index in [4.69, 9.17) is 4.74 Å². The van der Waals surface area contributed by atoms with Gasteiger partial charge >= 0.3 is 6.09 Å². The summed E-state index contributed by atoms with van der Waals surface area (Å²) in [5.41, 5.74) is 3.41. The zero-order valence-electron chi connectivity index (χ0n) is 26.1. The Morgan fingerprint density at radius 3 is 2.20 bits per heavy atom. The number of rotatable bonds is 10. The van der Waals surface area contributed by atoms with Crippen LogP contribution >= 0.6 is 0 Å². The van der Waals surface area contributed by atoms with E-state index < -0.39 is 29.7 Å². The first-order valence-corrected chi connectivity index (χ1v) is 14.8. The van der Waals surface area contributed by atoms with Crippen molar-refractivity contribution in [2.24, 2.45) is 0 Å². The Labute approximate surface area is 259 Å². The molecular formula is C37H41N3O4. The van der Waals surface area contributed by atoms with Gasteiger partial charge in [0.05, 0.1) is 0 Å². The van der Waals surface area contributed by atoms with Crippen molar-refractivity contribution in [2.75, 3.05) is 11.9 Å². The molecule has 7 heteroatoms. The fraction of sp³-hybridized carbons (Fsp3) is 0.270.